The van der Waals surface area contributed by atoms with E-state index in [2.05, 4.69) is 20.9 Å². The minimum Gasteiger partial charge on any atom is -0.338 e. The molecule has 17 heavy (non-hydrogen) atoms. The first-order chi connectivity index (χ1) is 8.34. The van der Waals surface area contributed by atoms with Gasteiger partial charge in [-0.25, -0.2) is 4.79 Å². The van der Waals surface area contributed by atoms with Gasteiger partial charge in [-0.3, -0.25) is 4.98 Å². The predicted octanol–water partition coefficient (Wildman–Crippen LogP) is 1.20. The normalized spacial score (nSPS) is 19.6. The highest BCUT2D eigenvalue weighted by atomic mass is 16.2. The van der Waals surface area contributed by atoms with Crippen molar-refractivity contribution in [1.82, 2.24) is 15.6 Å². The standard InChI is InChI=1S/C12H18N4O/c17-12(16-11-4-2-6-14-9-11)15-8-10-3-1-5-13-7-10/h2,4,6,9-10,13H,1,3,5,7-8H2,(H2,15,16,17). The van der Waals surface area contributed by atoms with E-state index in [1.807, 2.05) is 6.07 Å². The Morgan fingerprint density at radius 1 is 1.59 bits per heavy atom. The molecule has 1 aromatic rings. The Morgan fingerprint density at radius 3 is 3.24 bits per heavy atom. The zero-order chi connectivity index (χ0) is 11.9. The SMILES string of the molecule is O=C(NCC1CCCNC1)Nc1cccnc1. The van der Waals surface area contributed by atoms with Crippen molar-refractivity contribution < 1.29 is 4.79 Å². The van der Waals surface area contributed by atoms with Crippen LogP contribution >= 0.6 is 0 Å². The number of urea groups is 1. The molecule has 0 bridgehead atoms. The monoisotopic (exact) mass is 234 g/mol. The van der Waals surface area contributed by atoms with Gasteiger partial charge in [-0.15, -0.1) is 0 Å². The highest BCUT2D eigenvalue weighted by Crippen LogP contribution is 2.08. The van der Waals surface area contributed by atoms with Crippen molar-refractivity contribution in [2.24, 2.45) is 5.92 Å². The number of carbonyl (C=O) groups is 1. The van der Waals surface area contributed by atoms with E-state index in [4.69, 9.17) is 0 Å². The molecule has 0 spiro atoms. The topological polar surface area (TPSA) is 66.1 Å². The molecular weight excluding hydrogens is 216 g/mol. The fourth-order valence-corrected chi connectivity index (χ4v) is 1.95. The van der Waals surface area contributed by atoms with Gasteiger partial charge < -0.3 is 16.0 Å². The average Bonchev–Trinajstić information content (AvgIpc) is 2.39. The molecule has 1 aliphatic rings. The van der Waals surface area contributed by atoms with E-state index >= 15 is 0 Å². The van der Waals surface area contributed by atoms with Gasteiger partial charge in [-0.05, 0) is 44.0 Å². The minimum absolute atomic E-state index is 0.163. The third-order valence-corrected chi connectivity index (χ3v) is 2.87. The molecule has 1 aliphatic heterocycles. The molecule has 0 saturated carbocycles. The second-order valence-corrected chi connectivity index (χ2v) is 4.29. The Bertz CT molecular complexity index is 349. The Kier molecular flexibility index (Phi) is 4.32. The summed E-state index contributed by atoms with van der Waals surface area (Å²) in [4.78, 5) is 15.5. The van der Waals surface area contributed by atoms with Crippen LogP contribution in [0.2, 0.25) is 0 Å². The van der Waals surface area contributed by atoms with Gasteiger partial charge in [0, 0.05) is 12.7 Å². The van der Waals surface area contributed by atoms with Crippen LogP contribution in [0.3, 0.4) is 0 Å². The van der Waals surface area contributed by atoms with Crippen molar-refractivity contribution in [3.63, 3.8) is 0 Å². The lowest BCUT2D eigenvalue weighted by Gasteiger charge is -2.22. The van der Waals surface area contributed by atoms with Crippen LogP contribution < -0.4 is 16.0 Å². The highest BCUT2D eigenvalue weighted by Gasteiger charge is 2.13. The summed E-state index contributed by atoms with van der Waals surface area (Å²) in [6.45, 7) is 2.81. The highest BCUT2D eigenvalue weighted by molar-refractivity contribution is 5.88. The number of nitrogens with one attached hydrogen (secondary N) is 3. The zero-order valence-electron chi connectivity index (χ0n) is 9.78. The third kappa shape index (κ3) is 4.03. The van der Waals surface area contributed by atoms with E-state index in [0.29, 0.717) is 11.6 Å². The van der Waals surface area contributed by atoms with Gasteiger partial charge in [0.1, 0.15) is 0 Å². The molecule has 0 aliphatic carbocycles. The molecule has 2 amide bonds. The molecule has 1 fully saturated rings. The lowest BCUT2D eigenvalue weighted by molar-refractivity contribution is 0.248. The molecule has 1 atom stereocenters. The molecule has 5 heteroatoms. The quantitative estimate of drug-likeness (QED) is 0.736. The molecule has 2 heterocycles. The number of aromatic nitrogens is 1. The summed E-state index contributed by atoms with van der Waals surface area (Å²) in [7, 11) is 0. The second kappa shape index (κ2) is 6.20. The summed E-state index contributed by atoms with van der Waals surface area (Å²) in [5.74, 6) is 0.545. The molecule has 1 saturated heterocycles. The van der Waals surface area contributed by atoms with Crippen LogP contribution in [-0.4, -0.2) is 30.6 Å². The smallest absolute Gasteiger partial charge is 0.319 e. The van der Waals surface area contributed by atoms with E-state index < -0.39 is 0 Å². The first kappa shape index (κ1) is 11.9. The third-order valence-electron chi connectivity index (χ3n) is 2.87. The van der Waals surface area contributed by atoms with Crippen molar-refractivity contribution in [2.45, 2.75) is 12.8 Å². The largest absolute Gasteiger partial charge is 0.338 e. The van der Waals surface area contributed by atoms with Gasteiger partial charge in [0.25, 0.3) is 0 Å². The Balaban J connectivity index is 1.70. The zero-order valence-corrected chi connectivity index (χ0v) is 9.78. The van der Waals surface area contributed by atoms with Crippen LogP contribution in [0.25, 0.3) is 0 Å². The van der Waals surface area contributed by atoms with E-state index in [1.54, 1.807) is 18.5 Å². The number of nitrogens with zero attached hydrogens (tertiary/aromatic N) is 1. The first-order valence-electron chi connectivity index (χ1n) is 6.00. The summed E-state index contributed by atoms with van der Waals surface area (Å²) in [6.07, 6.45) is 5.68. The molecule has 5 nitrogen and oxygen atoms in total. The van der Waals surface area contributed by atoms with Gasteiger partial charge in [-0.2, -0.15) is 0 Å². The van der Waals surface area contributed by atoms with E-state index in [1.165, 1.54) is 12.8 Å². The van der Waals surface area contributed by atoms with E-state index in [0.717, 1.165) is 19.6 Å². The number of anilines is 1. The molecule has 1 aromatic heterocycles. The van der Waals surface area contributed by atoms with Crippen molar-refractivity contribution in [1.29, 1.82) is 0 Å². The fourth-order valence-electron chi connectivity index (χ4n) is 1.95. The van der Waals surface area contributed by atoms with Gasteiger partial charge >= 0.3 is 6.03 Å². The molecule has 0 aromatic carbocycles. The van der Waals surface area contributed by atoms with Crippen LogP contribution in [0, 0.1) is 5.92 Å². The summed E-state index contributed by atoms with van der Waals surface area (Å²) in [6, 6.07) is 3.44. The predicted molar refractivity (Wildman–Crippen MR) is 66.9 cm³/mol. The number of pyridine rings is 1. The molecule has 1 unspecified atom stereocenters. The number of carbonyl (C=O) groups excluding carboxylic acids is 1. The molecule has 3 N–H and O–H groups in total. The van der Waals surface area contributed by atoms with Crippen LogP contribution in [0.15, 0.2) is 24.5 Å². The maximum atomic E-state index is 11.6. The van der Waals surface area contributed by atoms with Gasteiger partial charge in [0.15, 0.2) is 0 Å². The van der Waals surface area contributed by atoms with Crippen molar-refractivity contribution in [3.8, 4) is 0 Å². The summed E-state index contributed by atoms with van der Waals surface area (Å²) in [5.41, 5.74) is 0.715. The van der Waals surface area contributed by atoms with Crippen molar-refractivity contribution in [2.75, 3.05) is 25.0 Å². The van der Waals surface area contributed by atoms with Crippen LogP contribution in [0.1, 0.15) is 12.8 Å². The van der Waals surface area contributed by atoms with Gasteiger partial charge in [0.2, 0.25) is 0 Å². The molecule has 0 radical (unpaired) electrons. The van der Waals surface area contributed by atoms with Gasteiger partial charge in [-0.1, -0.05) is 0 Å². The lowest BCUT2D eigenvalue weighted by Crippen LogP contribution is -2.39. The maximum absolute atomic E-state index is 11.6. The molecule has 2 rings (SSSR count). The summed E-state index contributed by atoms with van der Waals surface area (Å²) in [5, 5.41) is 8.96. The van der Waals surface area contributed by atoms with Crippen molar-refractivity contribution >= 4 is 11.7 Å². The van der Waals surface area contributed by atoms with Gasteiger partial charge in [0.05, 0.1) is 11.9 Å². The second-order valence-electron chi connectivity index (χ2n) is 4.29. The molecular formula is C12H18N4O. The van der Waals surface area contributed by atoms with Crippen LogP contribution in [0.5, 0.6) is 0 Å². The average molecular weight is 234 g/mol. The number of piperidine rings is 1. The number of hydrogen-bond donors (Lipinski definition) is 3. The lowest BCUT2D eigenvalue weighted by atomic mass is 10.00. The Morgan fingerprint density at radius 2 is 2.53 bits per heavy atom. The Labute approximate surface area is 101 Å². The first-order valence-corrected chi connectivity index (χ1v) is 6.00. The number of hydrogen-bond acceptors (Lipinski definition) is 3. The van der Waals surface area contributed by atoms with E-state index in [9.17, 15) is 4.79 Å². The van der Waals surface area contributed by atoms with Crippen LogP contribution in [0.4, 0.5) is 10.5 Å². The number of amides is 2. The van der Waals surface area contributed by atoms with Crippen LogP contribution in [-0.2, 0) is 0 Å². The summed E-state index contributed by atoms with van der Waals surface area (Å²) < 4.78 is 0. The fraction of sp³-hybridized carbons (Fsp3) is 0.500. The molecule has 92 valence electrons. The maximum Gasteiger partial charge on any atom is 0.319 e. The Hall–Kier alpha value is -1.62. The van der Waals surface area contributed by atoms with E-state index in [-0.39, 0.29) is 6.03 Å². The minimum atomic E-state index is -0.163. The summed E-state index contributed by atoms with van der Waals surface area (Å²) >= 11 is 0. The van der Waals surface area contributed by atoms with Crippen molar-refractivity contribution in [3.05, 3.63) is 24.5 Å². The number of rotatable bonds is 3.